The molecule has 3 aromatic carbocycles. The second-order valence-corrected chi connectivity index (χ2v) is 18.0. The lowest BCUT2D eigenvalue weighted by Gasteiger charge is -2.37. The summed E-state index contributed by atoms with van der Waals surface area (Å²) in [4.78, 5) is 35.6. The fourth-order valence-corrected chi connectivity index (χ4v) is 9.52. The standard InChI is InChI=1S/C48H53Cl2FN10O5/c1-5-53-47(64)46-57-56-45(36-21-35(27(2)3)39(62)22-40(36)63)61(46)34-8-6-29(7-9-34)25-58-16-12-30(13-17-58)48(65)59-18-14-33(15-19-59)60-26-32(24-55-60)31-20-41(44(52)54-23-31)66-28(4)42-37(49)10-11-38(51)43(42)50/h6-11,20-24,26-28,30,33,62-63H,5,12-19,25H2,1-4H3,(H2,52,54)(H,53,64)/t28-/m1/s1. The van der Waals surface area contributed by atoms with E-state index in [2.05, 4.69) is 30.5 Å². The van der Waals surface area contributed by atoms with Gasteiger partial charge in [0, 0.05) is 78.0 Å². The van der Waals surface area contributed by atoms with Gasteiger partial charge < -0.3 is 30.9 Å². The van der Waals surface area contributed by atoms with E-state index in [-0.39, 0.29) is 62.8 Å². The van der Waals surface area contributed by atoms with Gasteiger partial charge in [-0.1, -0.05) is 49.2 Å². The van der Waals surface area contributed by atoms with Gasteiger partial charge >= 0.3 is 0 Å². The zero-order valence-electron chi connectivity index (χ0n) is 37.2. The number of halogens is 3. The smallest absolute Gasteiger partial charge is 0.289 e. The topological polar surface area (TPSA) is 190 Å². The molecule has 2 saturated heterocycles. The normalized spacial score (nSPS) is 15.6. The van der Waals surface area contributed by atoms with Gasteiger partial charge in [-0.15, -0.1) is 10.2 Å². The Kier molecular flexibility index (Phi) is 13.8. The number of ether oxygens (including phenoxy) is 1. The molecule has 0 saturated carbocycles. The van der Waals surface area contributed by atoms with Crippen LogP contribution in [0, 0.1) is 11.7 Å². The van der Waals surface area contributed by atoms with Crippen molar-refractivity contribution in [1.29, 1.82) is 0 Å². The highest BCUT2D eigenvalue weighted by molar-refractivity contribution is 6.36. The van der Waals surface area contributed by atoms with Crippen LogP contribution in [0.2, 0.25) is 10.0 Å². The van der Waals surface area contributed by atoms with Crippen molar-refractivity contribution in [2.75, 3.05) is 38.5 Å². The van der Waals surface area contributed by atoms with Crippen LogP contribution in [0.4, 0.5) is 10.2 Å². The second-order valence-electron chi connectivity index (χ2n) is 17.2. The van der Waals surface area contributed by atoms with E-state index in [0.717, 1.165) is 55.5 Å². The fourth-order valence-electron chi connectivity index (χ4n) is 8.84. The van der Waals surface area contributed by atoms with E-state index >= 15 is 0 Å². The molecule has 0 unspecified atom stereocenters. The number of nitrogens with one attached hydrogen (secondary N) is 1. The monoisotopic (exact) mass is 938 g/mol. The van der Waals surface area contributed by atoms with Crippen molar-refractivity contribution in [2.45, 2.75) is 78.0 Å². The number of aromatic hydroxyl groups is 2. The Morgan fingerprint density at radius 2 is 1.65 bits per heavy atom. The summed E-state index contributed by atoms with van der Waals surface area (Å²) in [6.45, 7) is 11.4. The minimum Gasteiger partial charge on any atom is -0.508 e. The Morgan fingerprint density at radius 1 is 0.924 bits per heavy atom. The maximum absolute atomic E-state index is 14.2. The lowest BCUT2D eigenvalue weighted by molar-refractivity contribution is -0.138. The number of carbonyl (C=O) groups excluding carboxylic acids is 2. The van der Waals surface area contributed by atoms with Gasteiger partial charge in [0.1, 0.15) is 23.4 Å². The lowest BCUT2D eigenvalue weighted by Crippen LogP contribution is -2.45. The Hall–Kier alpha value is -6.23. The Morgan fingerprint density at radius 3 is 2.35 bits per heavy atom. The van der Waals surface area contributed by atoms with Crippen molar-refractivity contribution in [3.63, 3.8) is 0 Å². The number of piperidine rings is 2. The van der Waals surface area contributed by atoms with Crippen molar-refractivity contribution < 1.29 is 28.9 Å². The molecule has 2 fully saturated rings. The van der Waals surface area contributed by atoms with E-state index in [9.17, 15) is 24.2 Å². The first-order valence-electron chi connectivity index (χ1n) is 22.2. The number of amides is 2. The first-order valence-corrected chi connectivity index (χ1v) is 23.0. The number of anilines is 1. The van der Waals surface area contributed by atoms with Crippen LogP contribution in [0.15, 0.2) is 73.2 Å². The van der Waals surface area contributed by atoms with E-state index in [4.69, 9.17) is 33.7 Å². The largest absolute Gasteiger partial charge is 0.508 e. The van der Waals surface area contributed by atoms with Crippen molar-refractivity contribution >= 4 is 40.8 Å². The fraction of sp³-hybridized carbons (Fsp3) is 0.375. The summed E-state index contributed by atoms with van der Waals surface area (Å²) in [5, 5.41) is 37.5. The molecule has 2 aliphatic rings. The van der Waals surface area contributed by atoms with Crippen LogP contribution in [-0.2, 0) is 11.3 Å². The van der Waals surface area contributed by atoms with Gasteiger partial charge in [-0.05, 0) is 106 Å². The molecule has 18 heteroatoms. The first-order chi connectivity index (χ1) is 31.7. The van der Waals surface area contributed by atoms with Gasteiger partial charge in [-0.25, -0.2) is 9.37 Å². The number of nitrogens with zero attached hydrogens (tertiary/aromatic N) is 8. The van der Waals surface area contributed by atoms with Crippen LogP contribution in [0.3, 0.4) is 0 Å². The molecule has 0 bridgehead atoms. The number of rotatable bonds is 13. The van der Waals surface area contributed by atoms with Gasteiger partial charge in [0.15, 0.2) is 17.4 Å². The molecule has 15 nitrogen and oxygen atoms in total. The Bertz CT molecular complexity index is 2730. The third-order valence-electron chi connectivity index (χ3n) is 12.5. The number of hydrogen-bond acceptors (Lipinski definition) is 11. The van der Waals surface area contributed by atoms with Crippen molar-refractivity contribution in [3.05, 3.63) is 112 Å². The predicted octanol–water partition coefficient (Wildman–Crippen LogP) is 8.72. The zero-order chi connectivity index (χ0) is 46.8. The van der Waals surface area contributed by atoms with Gasteiger partial charge in [0.25, 0.3) is 5.91 Å². The van der Waals surface area contributed by atoms with Crippen molar-refractivity contribution in [3.8, 4) is 45.5 Å². The Balaban J connectivity index is 0.850. The molecule has 5 N–H and O–H groups in total. The number of phenolic OH excluding ortho intramolecular Hbond substituents is 2. The van der Waals surface area contributed by atoms with Crippen LogP contribution in [0.5, 0.6) is 17.2 Å². The average molecular weight is 940 g/mol. The summed E-state index contributed by atoms with van der Waals surface area (Å²) in [6, 6.07) is 15.3. The molecule has 0 aliphatic carbocycles. The molecule has 0 radical (unpaired) electrons. The van der Waals surface area contributed by atoms with Gasteiger partial charge in [-0.2, -0.15) is 5.10 Å². The molecular weight excluding hydrogens is 886 g/mol. The van der Waals surface area contributed by atoms with E-state index in [1.54, 1.807) is 36.0 Å². The number of hydrogen-bond donors (Lipinski definition) is 4. The second kappa shape index (κ2) is 19.7. The molecule has 1 atom stereocenters. The van der Waals surface area contributed by atoms with Crippen LogP contribution < -0.4 is 15.8 Å². The third kappa shape index (κ3) is 9.67. The maximum Gasteiger partial charge on any atom is 0.289 e. The molecule has 6 aromatic rings. The molecule has 0 spiro atoms. The molecule has 3 aromatic heterocycles. The molecule has 8 rings (SSSR count). The molecule has 66 heavy (non-hydrogen) atoms. The molecule has 346 valence electrons. The van der Waals surface area contributed by atoms with Gasteiger partial charge in [-0.3, -0.25) is 23.7 Å². The number of benzene rings is 3. The lowest BCUT2D eigenvalue weighted by atomic mass is 9.93. The summed E-state index contributed by atoms with van der Waals surface area (Å²) in [7, 11) is 0. The number of likely N-dealkylation sites (tertiary alicyclic amines) is 2. The van der Waals surface area contributed by atoms with Crippen LogP contribution >= 0.6 is 23.2 Å². The predicted molar refractivity (Wildman–Crippen MR) is 250 cm³/mol. The van der Waals surface area contributed by atoms with E-state index in [0.29, 0.717) is 54.3 Å². The Labute approximate surface area is 392 Å². The molecular formula is C48H53Cl2FN10O5. The van der Waals surface area contributed by atoms with E-state index < -0.39 is 17.8 Å². The minimum atomic E-state index is -0.705. The minimum absolute atomic E-state index is 0.0198. The summed E-state index contributed by atoms with van der Waals surface area (Å²) in [6.07, 6.45) is 7.78. The summed E-state index contributed by atoms with van der Waals surface area (Å²) in [5.41, 5.74) is 10.7. The van der Waals surface area contributed by atoms with Crippen LogP contribution in [0.25, 0.3) is 28.2 Å². The quantitative estimate of drug-likeness (QED) is 0.0811. The molecule has 2 amide bonds. The number of nitrogen functional groups attached to an aromatic ring is 1. The molecule has 2 aliphatic heterocycles. The maximum atomic E-state index is 14.2. The summed E-state index contributed by atoms with van der Waals surface area (Å²) < 4.78 is 23.9. The van der Waals surface area contributed by atoms with Crippen LogP contribution in [-0.4, -0.2) is 94.1 Å². The number of aromatic nitrogens is 6. The summed E-state index contributed by atoms with van der Waals surface area (Å²) >= 11 is 12.5. The first kappa shape index (κ1) is 46.3. The highest BCUT2D eigenvalue weighted by atomic mass is 35.5. The van der Waals surface area contributed by atoms with Crippen molar-refractivity contribution in [1.82, 2.24) is 44.6 Å². The number of nitrogens with two attached hydrogens (primary N) is 1. The molecule has 5 heterocycles. The van der Waals surface area contributed by atoms with Crippen LogP contribution in [0.1, 0.15) is 98.8 Å². The van der Waals surface area contributed by atoms with Gasteiger partial charge in [0.05, 0.1) is 22.8 Å². The van der Waals surface area contributed by atoms with Gasteiger partial charge in [0.2, 0.25) is 11.7 Å². The van der Waals surface area contributed by atoms with E-state index in [1.165, 1.54) is 18.2 Å². The highest BCUT2D eigenvalue weighted by Crippen LogP contribution is 2.40. The average Bonchev–Trinajstić information content (AvgIpc) is 3.98. The summed E-state index contributed by atoms with van der Waals surface area (Å²) in [5.74, 6) is -0.220. The SMILES string of the molecule is CCNC(=O)c1nnc(-c2cc(C(C)C)c(O)cc2O)n1-c1ccc(CN2CCC(C(=O)N3CCC(n4cc(-c5cnc(N)c(O[C@H](C)c6c(Cl)ccc(F)c6Cl)c5)cn4)CC3)CC2)cc1. The third-order valence-corrected chi connectivity index (χ3v) is 13.2. The number of phenols is 2. The van der Waals surface area contributed by atoms with Crippen molar-refractivity contribution in [2.24, 2.45) is 5.92 Å². The number of carbonyl (C=O) groups is 2. The van der Waals surface area contributed by atoms with E-state index in [1.807, 2.05) is 60.8 Å². The number of pyridine rings is 1. The zero-order valence-corrected chi connectivity index (χ0v) is 38.7. The highest BCUT2D eigenvalue weighted by Gasteiger charge is 2.32.